The normalized spacial score (nSPS) is 15.8. The molecule has 0 spiro atoms. The molecule has 2 rings (SSSR count). The fourth-order valence-corrected chi connectivity index (χ4v) is 1.54. The van der Waals surface area contributed by atoms with E-state index in [-0.39, 0.29) is 17.7 Å². The number of rotatable bonds is 4. The Bertz CT molecular complexity index is 390. The lowest BCUT2D eigenvalue weighted by molar-refractivity contribution is -0.120. The monoisotopic (exact) mass is 247 g/mol. The van der Waals surface area contributed by atoms with Gasteiger partial charge < -0.3 is 10.3 Å². The van der Waals surface area contributed by atoms with Gasteiger partial charge in [-0.05, 0) is 12.8 Å². The van der Waals surface area contributed by atoms with Gasteiger partial charge >= 0.3 is 6.18 Å². The van der Waals surface area contributed by atoms with E-state index in [9.17, 15) is 13.2 Å². The molecule has 8 heteroatoms. The number of nitrogens with zero attached hydrogens (tertiary/aromatic N) is 3. The van der Waals surface area contributed by atoms with Crippen LogP contribution in [0.2, 0.25) is 0 Å². The first kappa shape index (κ1) is 11.9. The molecule has 1 fully saturated rings. The lowest BCUT2D eigenvalue weighted by Crippen LogP contribution is -2.36. The van der Waals surface area contributed by atoms with E-state index in [1.165, 1.54) is 17.3 Å². The molecule has 17 heavy (non-hydrogen) atoms. The topological polar surface area (TPSA) is 67.1 Å². The molecular formula is C9H12F3N5. The Labute approximate surface area is 95.8 Å². The summed E-state index contributed by atoms with van der Waals surface area (Å²) in [4.78, 5) is 8.98. The molecule has 1 saturated carbocycles. The Morgan fingerprint density at radius 1 is 1.41 bits per heavy atom. The van der Waals surface area contributed by atoms with Gasteiger partial charge in [-0.1, -0.05) is 0 Å². The molecule has 0 aliphatic heterocycles. The first-order valence-corrected chi connectivity index (χ1v) is 5.11. The third-order valence-corrected chi connectivity index (χ3v) is 2.40. The SMILES string of the molecule is NNc1cncc(N(CC(F)(F)F)C2CC2)n1. The van der Waals surface area contributed by atoms with Crippen molar-refractivity contribution < 1.29 is 13.2 Å². The first-order valence-electron chi connectivity index (χ1n) is 5.11. The van der Waals surface area contributed by atoms with Gasteiger partial charge in [-0.25, -0.2) is 10.8 Å². The van der Waals surface area contributed by atoms with Crippen LogP contribution in [0.25, 0.3) is 0 Å². The van der Waals surface area contributed by atoms with Gasteiger partial charge in [0.15, 0.2) is 5.82 Å². The van der Waals surface area contributed by atoms with Crippen LogP contribution in [0.5, 0.6) is 0 Å². The Hall–Kier alpha value is -1.57. The van der Waals surface area contributed by atoms with Crippen molar-refractivity contribution in [3.63, 3.8) is 0 Å². The molecule has 0 atom stereocenters. The molecule has 0 unspecified atom stereocenters. The first-order chi connectivity index (χ1) is 7.99. The van der Waals surface area contributed by atoms with Crippen molar-refractivity contribution in [3.05, 3.63) is 12.4 Å². The number of aromatic nitrogens is 2. The van der Waals surface area contributed by atoms with E-state index in [4.69, 9.17) is 5.84 Å². The highest BCUT2D eigenvalue weighted by Gasteiger charge is 2.38. The highest BCUT2D eigenvalue weighted by Crippen LogP contribution is 2.33. The number of halogens is 3. The van der Waals surface area contributed by atoms with Crippen LogP contribution < -0.4 is 16.2 Å². The molecule has 0 radical (unpaired) electrons. The van der Waals surface area contributed by atoms with Gasteiger partial charge in [0.2, 0.25) is 0 Å². The summed E-state index contributed by atoms with van der Waals surface area (Å²) in [7, 11) is 0. The van der Waals surface area contributed by atoms with Crippen molar-refractivity contribution in [3.8, 4) is 0 Å². The van der Waals surface area contributed by atoms with Crippen molar-refractivity contribution >= 4 is 11.6 Å². The van der Waals surface area contributed by atoms with Gasteiger partial charge in [0.05, 0.1) is 12.4 Å². The van der Waals surface area contributed by atoms with Gasteiger partial charge in [-0.15, -0.1) is 0 Å². The van der Waals surface area contributed by atoms with Crippen LogP contribution in [-0.2, 0) is 0 Å². The molecule has 1 aromatic rings. The fraction of sp³-hybridized carbons (Fsp3) is 0.556. The molecule has 3 N–H and O–H groups in total. The van der Waals surface area contributed by atoms with E-state index in [1.807, 2.05) is 0 Å². The lowest BCUT2D eigenvalue weighted by Gasteiger charge is -2.24. The largest absolute Gasteiger partial charge is 0.405 e. The zero-order chi connectivity index (χ0) is 12.5. The lowest BCUT2D eigenvalue weighted by atomic mass is 10.4. The van der Waals surface area contributed by atoms with Crippen LogP contribution in [0.1, 0.15) is 12.8 Å². The van der Waals surface area contributed by atoms with Crippen LogP contribution in [-0.4, -0.2) is 28.7 Å². The highest BCUT2D eigenvalue weighted by molar-refractivity contribution is 5.45. The molecule has 1 aliphatic rings. The summed E-state index contributed by atoms with van der Waals surface area (Å²) < 4.78 is 37.3. The van der Waals surface area contributed by atoms with Crippen LogP contribution >= 0.6 is 0 Å². The summed E-state index contributed by atoms with van der Waals surface area (Å²) in [6, 6.07) is -0.0982. The Morgan fingerprint density at radius 3 is 2.65 bits per heavy atom. The number of nitrogens with one attached hydrogen (secondary N) is 1. The van der Waals surface area contributed by atoms with E-state index < -0.39 is 12.7 Å². The predicted molar refractivity (Wildman–Crippen MR) is 56.3 cm³/mol. The number of nitrogens with two attached hydrogens (primary N) is 1. The minimum atomic E-state index is -4.25. The minimum absolute atomic E-state index is 0.0982. The Balaban J connectivity index is 2.19. The minimum Gasteiger partial charge on any atom is -0.343 e. The van der Waals surface area contributed by atoms with Crippen LogP contribution in [0.4, 0.5) is 24.8 Å². The molecule has 1 aliphatic carbocycles. The molecule has 0 saturated heterocycles. The Morgan fingerprint density at radius 2 is 2.12 bits per heavy atom. The molecule has 1 aromatic heterocycles. The second-order valence-corrected chi connectivity index (χ2v) is 3.88. The van der Waals surface area contributed by atoms with Crippen molar-refractivity contribution in [2.75, 3.05) is 16.9 Å². The predicted octanol–water partition coefficient (Wildman–Crippen LogP) is 1.29. The van der Waals surface area contributed by atoms with Gasteiger partial charge in [-0.3, -0.25) is 4.98 Å². The molecular weight excluding hydrogens is 235 g/mol. The maximum atomic E-state index is 12.4. The summed E-state index contributed by atoms with van der Waals surface area (Å²) in [6.45, 7) is -1.01. The smallest absolute Gasteiger partial charge is 0.343 e. The van der Waals surface area contributed by atoms with Gasteiger partial charge in [0.25, 0.3) is 0 Å². The number of hydrogen-bond donors (Lipinski definition) is 2. The van der Waals surface area contributed by atoms with Crippen molar-refractivity contribution in [1.29, 1.82) is 0 Å². The maximum absolute atomic E-state index is 12.4. The highest BCUT2D eigenvalue weighted by atomic mass is 19.4. The summed E-state index contributed by atoms with van der Waals surface area (Å²) >= 11 is 0. The summed E-state index contributed by atoms with van der Waals surface area (Å²) in [5.41, 5.74) is 2.26. The van der Waals surface area contributed by atoms with Crippen molar-refractivity contribution in [2.45, 2.75) is 25.1 Å². The number of hydrazine groups is 1. The molecule has 1 heterocycles. The molecule has 0 bridgehead atoms. The Kier molecular flexibility index (Phi) is 3.05. The van der Waals surface area contributed by atoms with E-state index >= 15 is 0 Å². The second-order valence-electron chi connectivity index (χ2n) is 3.88. The summed E-state index contributed by atoms with van der Waals surface area (Å²) in [6.07, 6.45) is -0.0977. The maximum Gasteiger partial charge on any atom is 0.405 e. The van der Waals surface area contributed by atoms with Crippen LogP contribution in [0.15, 0.2) is 12.4 Å². The average molecular weight is 247 g/mol. The number of nitrogen functional groups attached to an aromatic ring is 1. The quantitative estimate of drug-likeness (QED) is 0.620. The van der Waals surface area contributed by atoms with Crippen molar-refractivity contribution in [1.82, 2.24) is 9.97 Å². The molecule has 94 valence electrons. The third kappa shape index (κ3) is 3.19. The van der Waals surface area contributed by atoms with Crippen molar-refractivity contribution in [2.24, 2.45) is 5.84 Å². The number of hydrogen-bond acceptors (Lipinski definition) is 5. The molecule has 0 amide bonds. The third-order valence-electron chi connectivity index (χ3n) is 2.40. The standard InChI is InChI=1S/C9H12F3N5/c10-9(11,12)5-17(6-1-2-6)8-4-14-3-7(15-8)16-13/h3-4,6H,1-2,5,13H2,(H,15,16). The van der Waals surface area contributed by atoms with E-state index in [0.717, 1.165) is 12.8 Å². The molecule has 0 aromatic carbocycles. The zero-order valence-electron chi connectivity index (χ0n) is 8.91. The van der Waals surface area contributed by atoms with E-state index in [1.54, 1.807) is 0 Å². The van der Waals surface area contributed by atoms with Crippen LogP contribution in [0.3, 0.4) is 0 Å². The summed E-state index contributed by atoms with van der Waals surface area (Å²) in [5.74, 6) is 5.58. The van der Waals surface area contributed by atoms with Gasteiger partial charge in [0, 0.05) is 6.04 Å². The van der Waals surface area contributed by atoms with Gasteiger partial charge in [0.1, 0.15) is 12.4 Å². The summed E-state index contributed by atoms with van der Waals surface area (Å²) in [5, 5.41) is 0. The van der Waals surface area contributed by atoms with E-state index in [2.05, 4.69) is 15.4 Å². The van der Waals surface area contributed by atoms with Crippen LogP contribution in [0, 0.1) is 0 Å². The van der Waals surface area contributed by atoms with E-state index in [0.29, 0.717) is 0 Å². The molecule has 5 nitrogen and oxygen atoms in total. The number of anilines is 2. The van der Waals surface area contributed by atoms with Gasteiger partial charge in [-0.2, -0.15) is 13.2 Å². The zero-order valence-corrected chi connectivity index (χ0v) is 8.91. The second kappa shape index (κ2) is 4.36. The average Bonchev–Trinajstić information content (AvgIpc) is 3.09. The number of alkyl halides is 3. The fourth-order valence-electron chi connectivity index (χ4n) is 1.54.